The van der Waals surface area contributed by atoms with Crippen molar-refractivity contribution in [2.24, 2.45) is 4.99 Å². The third kappa shape index (κ3) is 2.14. The van der Waals surface area contributed by atoms with Crippen molar-refractivity contribution < 1.29 is 5.11 Å². The molecule has 5 heteroatoms. The topological polar surface area (TPSA) is 35.8 Å². The Morgan fingerprint density at radius 3 is 2.82 bits per heavy atom. The lowest BCUT2D eigenvalue weighted by atomic mass is 9.93. The van der Waals surface area contributed by atoms with Crippen LogP contribution in [0, 0.1) is 0 Å². The minimum atomic E-state index is -0.927. The Morgan fingerprint density at radius 2 is 2.05 bits per heavy atom. The van der Waals surface area contributed by atoms with Crippen LogP contribution in [0.4, 0.5) is 5.69 Å². The average Bonchev–Trinajstić information content (AvgIpc) is 2.81. The zero-order chi connectivity index (χ0) is 15.3. The van der Waals surface area contributed by atoms with Gasteiger partial charge in [0.25, 0.3) is 0 Å². The van der Waals surface area contributed by atoms with Crippen LogP contribution < -0.4 is 0 Å². The average molecular weight is 331 g/mol. The van der Waals surface area contributed by atoms with Crippen molar-refractivity contribution in [2.45, 2.75) is 18.7 Å². The van der Waals surface area contributed by atoms with E-state index in [0.717, 1.165) is 22.0 Å². The number of halogens is 1. The number of aliphatic hydroxyl groups is 1. The van der Waals surface area contributed by atoms with Crippen LogP contribution in [0.3, 0.4) is 0 Å². The van der Waals surface area contributed by atoms with Gasteiger partial charge in [0.1, 0.15) is 5.72 Å². The van der Waals surface area contributed by atoms with Crippen molar-refractivity contribution in [3.63, 3.8) is 0 Å². The Labute approximate surface area is 138 Å². The van der Waals surface area contributed by atoms with Crippen molar-refractivity contribution >= 4 is 34.2 Å². The number of amidine groups is 1. The number of nitrogens with zero attached hydrogens (tertiary/aromatic N) is 2. The van der Waals surface area contributed by atoms with Gasteiger partial charge >= 0.3 is 0 Å². The Hall–Kier alpha value is -1.49. The summed E-state index contributed by atoms with van der Waals surface area (Å²) in [5.74, 6) is 0.608. The summed E-state index contributed by atoms with van der Waals surface area (Å²) in [6, 6.07) is 15.9. The second-order valence-corrected chi connectivity index (χ2v) is 7.17. The van der Waals surface area contributed by atoms with Gasteiger partial charge in [0, 0.05) is 16.3 Å². The van der Waals surface area contributed by atoms with E-state index in [1.807, 2.05) is 48.2 Å². The molecule has 0 spiro atoms. The number of rotatable bonds is 1. The standard InChI is InChI=1S/C17H15ClN2OS/c1-17(21)10-22-16-19-14-8-7-12(18)9-13(14)15(20(16)17)11-5-3-2-4-6-11/h2-9,15,21H,10H2,1H3. The Kier molecular flexibility index (Phi) is 3.22. The lowest BCUT2D eigenvalue weighted by molar-refractivity contribution is -0.0392. The van der Waals surface area contributed by atoms with Gasteiger partial charge in [-0.1, -0.05) is 53.7 Å². The summed E-state index contributed by atoms with van der Waals surface area (Å²) in [4.78, 5) is 6.71. The molecule has 1 fully saturated rings. The van der Waals surface area contributed by atoms with Gasteiger partial charge in [-0.2, -0.15) is 0 Å². The molecule has 2 aromatic carbocycles. The molecule has 1 saturated heterocycles. The van der Waals surface area contributed by atoms with Gasteiger partial charge in [-0.3, -0.25) is 0 Å². The number of aliphatic imine (C=N–C) groups is 1. The summed E-state index contributed by atoms with van der Waals surface area (Å²) in [5, 5.41) is 12.4. The van der Waals surface area contributed by atoms with Crippen molar-refractivity contribution in [2.75, 3.05) is 5.75 Å². The van der Waals surface area contributed by atoms with Crippen molar-refractivity contribution in [3.05, 3.63) is 64.7 Å². The van der Waals surface area contributed by atoms with Crippen LogP contribution in [-0.2, 0) is 0 Å². The molecule has 22 heavy (non-hydrogen) atoms. The first-order chi connectivity index (χ1) is 10.6. The molecule has 0 saturated carbocycles. The molecule has 2 heterocycles. The van der Waals surface area contributed by atoms with Crippen LogP contribution >= 0.6 is 23.4 Å². The fourth-order valence-electron chi connectivity index (χ4n) is 3.07. The highest BCUT2D eigenvalue weighted by Crippen LogP contribution is 2.48. The predicted molar refractivity (Wildman–Crippen MR) is 91.8 cm³/mol. The molecule has 0 aliphatic carbocycles. The normalized spacial score (nSPS) is 26.4. The summed E-state index contributed by atoms with van der Waals surface area (Å²) in [6.07, 6.45) is 0. The van der Waals surface area contributed by atoms with E-state index in [-0.39, 0.29) is 6.04 Å². The maximum absolute atomic E-state index is 10.8. The highest BCUT2D eigenvalue weighted by molar-refractivity contribution is 8.14. The number of hydrogen-bond donors (Lipinski definition) is 1. The first-order valence-corrected chi connectivity index (χ1v) is 8.50. The molecule has 2 aliphatic heterocycles. The van der Waals surface area contributed by atoms with Crippen LogP contribution in [0.1, 0.15) is 24.1 Å². The van der Waals surface area contributed by atoms with Crippen LogP contribution in [0.2, 0.25) is 5.02 Å². The molecule has 2 atom stereocenters. The van der Waals surface area contributed by atoms with Gasteiger partial charge in [0.15, 0.2) is 5.17 Å². The van der Waals surface area contributed by atoms with E-state index in [1.54, 1.807) is 11.8 Å². The fraction of sp³-hybridized carbons (Fsp3) is 0.235. The first kappa shape index (κ1) is 14.1. The van der Waals surface area contributed by atoms with Crippen molar-refractivity contribution in [1.29, 1.82) is 0 Å². The maximum Gasteiger partial charge on any atom is 0.167 e. The third-order valence-corrected chi connectivity index (χ3v) is 5.55. The second kappa shape index (κ2) is 5.01. The predicted octanol–water partition coefficient (Wildman–Crippen LogP) is 4.19. The molecule has 2 aliphatic rings. The van der Waals surface area contributed by atoms with E-state index in [4.69, 9.17) is 16.6 Å². The zero-order valence-corrected chi connectivity index (χ0v) is 13.6. The Bertz CT molecular complexity index is 761. The number of fused-ring (bicyclic) bond motifs is 2. The molecule has 2 unspecified atom stereocenters. The van der Waals surface area contributed by atoms with Crippen molar-refractivity contribution in [1.82, 2.24) is 4.90 Å². The summed E-state index contributed by atoms with van der Waals surface area (Å²) < 4.78 is 0. The number of hydrogen-bond acceptors (Lipinski definition) is 4. The van der Waals surface area contributed by atoms with Crippen LogP contribution in [0.25, 0.3) is 0 Å². The first-order valence-electron chi connectivity index (χ1n) is 7.14. The summed E-state index contributed by atoms with van der Waals surface area (Å²) in [6.45, 7) is 1.84. The Balaban J connectivity index is 1.96. The molecular formula is C17H15ClN2OS. The molecule has 0 radical (unpaired) electrons. The molecule has 0 bridgehead atoms. The zero-order valence-electron chi connectivity index (χ0n) is 12.0. The summed E-state index contributed by atoms with van der Waals surface area (Å²) in [7, 11) is 0. The fourth-order valence-corrected chi connectivity index (χ4v) is 4.40. The van der Waals surface area contributed by atoms with Crippen LogP contribution in [-0.4, -0.2) is 26.7 Å². The van der Waals surface area contributed by atoms with E-state index in [1.165, 1.54) is 0 Å². The van der Waals surface area contributed by atoms with E-state index in [9.17, 15) is 5.11 Å². The summed E-state index contributed by atoms with van der Waals surface area (Å²) >= 11 is 7.80. The van der Waals surface area contributed by atoms with Crippen LogP contribution in [0.15, 0.2) is 53.5 Å². The molecule has 112 valence electrons. The Morgan fingerprint density at radius 1 is 1.27 bits per heavy atom. The lowest BCUT2D eigenvalue weighted by Crippen LogP contribution is -2.48. The molecule has 0 amide bonds. The minimum absolute atomic E-state index is 0.0765. The van der Waals surface area contributed by atoms with Gasteiger partial charge in [-0.15, -0.1) is 0 Å². The van der Waals surface area contributed by atoms with Crippen LogP contribution in [0.5, 0.6) is 0 Å². The molecule has 0 aromatic heterocycles. The highest BCUT2D eigenvalue weighted by atomic mass is 35.5. The number of benzene rings is 2. The minimum Gasteiger partial charge on any atom is -0.370 e. The second-order valence-electron chi connectivity index (χ2n) is 5.79. The largest absolute Gasteiger partial charge is 0.370 e. The summed E-state index contributed by atoms with van der Waals surface area (Å²) in [5.41, 5.74) is 2.16. The molecule has 2 aromatic rings. The molecule has 4 rings (SSSR count). The monoisotopic (exact) mass is 330 g/mol. The van der Waals surface area contributed by atoms with Gasteiger partial charge in [-0.05, 0) is 30.7 Å². The van der Waals surface area contributed by atoms with Gasteiger partial charge in [0.2, 0.25) is 0 Å². The SMILES string of the molecule is CC1(O)CSC2=Nc3ccc(Cl)cc3C(c3ccccc3)N21. The molecule has 1 N–H and O–H groups in total. The molecular weight excluding hydrogens is 316 g/mol. The smallest absolute Gasteiger partial charge is 0.167 e. The van der Waals surface area contributed by atoms with Gasteiger partial charge < -0.3 is 10.0 Å². The van der Waals surface area contributed by atoms with E-state index < -0.39 is 5.72 Å². The quantitative estimate of drug-likeness (QED) is 0.851. The lowest BCUT2D eigenvalue weighted by Gasteiger charge is -2.41. The third-order valence-electron chi connectivity index (χ3n) is 4.07. The highest BCUT2D eigenvalue weighted by Gasteiger charge is 2.46. The van der Waals surface area contributed by atoms with E-state index in [0.29, 0.717) is 10.8 Å². The molecule has 3 nitrogen and oxygen atoms in total. The van der Waals surface area contributed by atoms with Gasteiger partial charge in [-0.25, -0.2) is 4.99 Å². The van der Waals surface area contributed by atoms with Crippen molar-refractivity contribution in [3.8, 4) is 0 Å². The number of thioether (sulfide) groups is 1. The van der Waals surface area contributed by atoms with E-state index in [2.05, 4.69) is 12.1 Å². The van der Waals surface area contributed by atoms with Gasteiger partial charge in [0.05, 0.1) is 11.7 Å². The van der Waals surface area contributed by atoms with E-state index >= 15 is 0 Å². The maximum atomic E-state index is 10.8.